The molecule has 10 nitrogen and oxygen atoms in total. The number of nitro groups is 1. The maximum atomic E-state index is 10.8. The van der Waals surface area contributed by atoms with Crippen LogP contribution in [-0.2, 0) is 4.79 Å². The first kappa shape index (κ1) is 12.6. The number of primary amides is 1. The number of rotatable bonds is 5. The van der Waals surface area contributed by atoms with Gasteiger partial charge in [-0.2, -0.15) is 0 Å². The Kier molecular flexibility index (Phi) is 3.72. The zero-order valence-electron chi connectivity index (χ0n) is 8.88. The molecule has 0 saturated heterocycles. The highest BCUT2D eigenvalue weighted by Crippen LogP contribution is 2.28. The van der Waals surface area contributed by atoms with Crippen LogP contribution >= 0.6 is 0 Å². The molecular weight excluding hydrogens is 230 g/mol. The number of hydrogen-bond donors (Lipinski definition) is 4. The number of nitrogens with one attached hydrogen (secondary N) is 2. The van der Waals surface area contributed by atoms with Crippen molar-refractivity contribution in [1.82, 2.24) is 9.97 Å². The summed E-state index contributed by atoms with van der Waals surface area (Å²) in [5.41, 5.74) is 6.64. The lowest BCUT2D eigenvalue weighted by atomic mass is 10.3. The number of aromatic nitrogens is 2. The van der Waals surface area contributed by atoms with E-state index in [1.54, 1.807) is 0 Å². The topological polar surface area (TPSA) is 162 Å². The van der Waals surface area contributed by atoms with E-state index in [1.807, 2.05) is 0 Å². The zero-order chi connectivity index (χ0) is 13.0. The van der Waals surface area contributed by atoms with Gasteiger partial charge in [-0.05, 0) is 6.92 Å². The van der Waals surface area contributed by atoms with E-state index >= 15 is 0 Å². The van der Waals surface area contributed by atoms with Gasteiger partial charge in [0.2, 0.25) is 17.5 Å². The van der Waals surface area contributed by atoms with Gasteiger partial charge in [-0.1, -0.05) is 0 Å². The second-order valence-electron chi connectivity index (χ2n) is 3.09. The number of hydrogen-bond acceptors (Lipinski definition) is 8. The monoisotopic (exact) mass is 241 g/mol. The lowest BCUT2D eigenvalue weighted by Crippen LogP contribution is -2.33. The molecule has 0 aliphatic rings. The Morgan fingerprint density at radius 3 is 2.59 bits per heavy atom. The SMILES string of the molecule is CC(Nc1ncnc(NN)c1[N+](=O)[O-])C(N)=O. The summed E-state index contributed by atoms with van der Waals surface area (Å²) in [4.78, 5) is 28.2. The number of carbonyl (C=O) groups is 1. The van der Waals surface area contributed by atoms with Crippen LogP contribution < -0.4 is 22.3 Å². The van der Waals surface area contributed by atoms with Crippen LogP contribution in [0.4, 0.5) is 17.3 Å². The molecule has 10 heteroatoms. The van der Waals surface area contributed by atoms with E-state index in [9.17, 15) is 14.9 Å². The van der Waals surface area contributed by atoms with Gasteiger partial charge in [0.25, 0.3) is 0 Å². The van der Waals surface area contributed by atoms with Crippen LogP contribution in [0.3, 0.4) is 0 Å². The first-order chi connectivity index (χ1) is 7.97. The van der Waals surface area contributed by atoms with Crippen LogP contribution in [0.1, 0.15) is 6.92 Å². The van der Waals surface area contributed by atoms with Crippen molar-refractivity contribution < 1.29 is 9.72 Å². The molecule has 1 aromatic heterocycles. The third-order valence-corrected chi connectivity index (χ3v) is 1.92. The second-order valence-corrected chi connectivity index (χ2v) is 3.09. The highest BCUT2D eigenvalue weighted by Gasteiger charge is 2.24. The lowest BCUT2D eigenvalue weighted by molar-refractivity contribution is -0.383. The van der Waals surface area contributed by atoms with Gasteiger partial charge < -0.3 is 16.5 Å². The van der Waals surface area contributed by atoms with E-state index < -0.39 is 22.6 Å². The van der Waals surface area contributed by atoms with Gasteiger partial charge in [0.1, 0.15) is 12.4 Å². The fraction of sp³-hybridized carbons (Fsp3) is 0.286. The average Bonchev–Trinajstić information content (AvgIpc) is 2.27. The van der Waals surface area contributed by atoms with E-state index in [-0.39, 0.29) is 11.6 Å². The van der Waals surface area contributed by atoms with Crippen molar-refractivity contribution in [2.45, 2.75) is 13.0 Å². The van der Waals surface area contributed by atoms with E-state index in [2.05, 4.69) is 20.7 Å². The Morgan fingerprint density at radius 1 is 1.53 bits per heavy atom. The minimum Gasteiger partial charge on any atom is -0.368 e. The normalized spacial score (nSPS) is 11.6. The standard InChI is InChI=1S/C7H11N7O3/c1-3(5(8)15)12-6-4(14(16)17)7(13-9)11-2-10-6/h2-3H,9H2,1H3,(H2,8,15)(H2,10,11,12,13). The molecule has 17 heavy (non-hydrogen) atoms. The van der Waals surface area contributed by atoms with Crippen LogP contribution in [0.25, 0.3) is 0 Å². The van der Waals surface area contributed by atoms with Crippen molar-refractivity contribution in [3.8, 4) is 0 Å². The molecule has 0 saturated carbocycles. The molecule has 0 aliphatic heterocycles. The molecule has 0 fully saturated rings. The predicted molar refractivity (Wildman–Crippen MR) is 58.8 cm³/mol. The molecule has 0 bridgehead atoms. The van der Waals surface area contributed by atoms with Gasteiger partial charge >= 0.3 is 5.69 Å². The Labute approximate surface area is 95.5 Å². The number of carbonyl (C=O) groups excluding carboxylic acids is 1. The van der Waals surface area contributed by atoms with E-state index in [4.69, 9.17) is 11.6 Å². The van der Waals surface area contributed by atoms with Crippen LogP contribution in [0.15, 0.2) is 6.33 Å². The Morgan fingerprint density at radius 2 is 2.12 bits per heavy atom. The number of amides is 1. The number of nitrogens with zero attached hydrogens (tertiary/aromatic N) is 3. The molecule has 1 heterocycles. The van der Waals surface area contributed by atoms with Crippen LogP contribution in [0, 0.1) is 10.1 Å². The summed E-state index contributed by atoms with van der Waals surface area (Å²) in [6, 6.07) is -0.811. The third-order valence-electron chi connectivity index (χ3n) is 1.92. The third kappa shape index (κ3) is 2.75. The van der Waals surface area contributed by atoms with Gasteiger partial charge in [0.15, 0.2) is 0 Å². The summed E-state index contributed by atoms with van der Waals surface area (Å²) in [7, 11) is 0. The number of nitrogens with two attached hydrogens (primary N) is 2. The molecule has 0 spiro atoms. The fourth-order valence-corrected chi connectivity index (χ4v) is 1.04. The molecule has 0 aliphatic carbocycles. The van der Waals surface area contributed by atoms with Crippen molar-refractivity contribution in [3.05, 3.63) is 16.4 Å². The lowest BCUT2D eigenvalue weighted by Gasteiger charge is -2.11. The van der Waals surface area contributed by atoms with Crippen LogP contribution in [0.5, 0.6) is 0 Å². The molecule has 1 rings (SSSR count). The van der Waals surface area contributed by atoms with Crippen LogP contribution in [0.2, 0.25) is 0 Å². The zero-order valence-corrected chi connectivity index (χ0v) is 8.88. The summed E-state index contributed by atoms with van der Waals surface area (Å²) >= 11 is 0. The van der Waals surface area contributed by atoms with Crippen molar-refractivity contribution >= 4 is 23.2 Å². The smallest absolute Gasteiger partial charge is 0.354 e. The number of nitrogen functional groups attached to an aromatic ring is 1. The molecule has 1 amide bonds. The molecule has 1 aromatic rings. The Bertz CT molecular complexity index is 449. The van der Waals surface area contributed by atoms with Gasteiger partial charge in [-0.3, -0.25) is 14.9 Å². The Balaban J connectivity index is 3.14. The van der Waals surface area contributed by atoms with Gasteiger partial charge in [-0.25, -0.2) is 15.8 Å². The molecule has 92 valence electrons. The molecule has 1 atom stereocenters. The first-order valence-corrected chi connectivity index (χ1v) is 4.49. The van der Waals surface area contributed by atoms with E-state index in [1.165, 1.54) is 6.92 Å². The van der Waals surface area contributed by atoms with E-state index in [0.29, 0.717) is 0 Å². The summed E-state index contributed by atoms with van der Waals surface area (Å²) in [5, 5.41) is 13.3. The van der Waals surface area contributed by atoms with Gasteiger partial charge in [-0.15, -0.1) is 0 Å². The van der Waals surface area contributed by atoms with Gasteiger partial charge in [0.05, 0.1) is 4.92 Å². The first-order valence-electron chi connectivity index (χ1n) is 4.49. The quantitative estimate of drug-likeness (QED) is 0.288. The minimum atomic E-state index is -0.811. The maximum Gasteiger partial charge on any atom is 0.354 e. The molecule has 6 N–H and O–H groups in total. The summed E-state index contributed by atoms with van der Waals surface area (Å²) in [5.74, 6) is 4.12. The maximum absolute atomic E-state index is 10.8. The molecule has 1 unspecified atom stereocenters. The largest absolute Gasteiger partial charge is 0.368 e. The average molecular weight is 241 g/mol. The highest BCUT2D eigenvalue weighted by atomic mass is 16.6. The minimum absolute atomic E-state index is 0.135. The summed E-state index contributed by atoms with van der Waals surface area (Å²) in [6.07, 6.45) is 1.07. The fourth-order valence-electron chi connectivity index (χ4n) is 1.04. The van der Waals surface area contributed by atoms with Gasteiger partial charge in [0, 0.05) is 0 Å². The number of anilines is 2. The molecule has 0 aromatic carbocycles. The Hall–Kier alpha value is -2.49. The van der Waals surface area contributed by atoms with Crippen molar-refractivity contribution in [3.63, 3.8) is 0 Å². The number of hydrazine groups is 1. The summed E-state index contributed by atoms with van der Waals surface area (Å²) in [6.45, 7) is 1.45. The van der Waals surface area contributed by atoms with Crippen molar-refractivity contribution in [2.75, 3.05) is 10.7 Å². The molecular formula is C7H11N7O3. The summed E-state index contributed by atoms with van der Waals surface area (Å²) < 4.78 is 0. The van der Waals surface area contributed by atoms with Crippen molar-refractivity contribution in [1.29, 1.82) is 0 Å². The second kappa shape index (κ2) is 5.03. The van der Waals surface area contributed by atoms with E-state index in [0.717, 1.165) is 6.33 Å². The predicted octanol–water partition coefficient (Wildman–Crippen LogP) is -1.04. The van der Waals surface area contributed by atoms with Crippen molar-refractivity contribution in [2.24, 2.45) is 11.6 Å². The highest BCUT2D eigenvalue weighted by molar-refractivity contribution is 5.83. The van der Waals surface area contributed by atoms with Crippen LogP contribution in [-0.4, -0.2) is 26.8 Å². The molecule has 0 radical (unpaired) electrons.